The molecule has 3 unspecified atom stereocenters. The molecular weight excluding hydrogens is 312 g/mol. The predicted molar refractivity (Wildman–Crippen MR) is 113 cm³/mol. The monoisotopic (exact) mass is 356 g/mol. The summed E-state index contributed by atoms with van der Waals surface area (Å²) in [6, 6.07) is 0. The van der Waals surface area contributed by atoms with Crippen LogP contribution in [0.2, 0.25) is 0 Å². The molecule has 0 aromatic rings. The molecule has 3 saturated carbocycles. The third-order valence-electron chi connectivity index (χ3n) is 9.80. The van der Waals surface area contributed by atoms with E-state index < -0.39 is 0 Å². The van der Waals surface area contributed by atoms with E-state index in [1.807, 2.05) is 5.57 Å². The number of allylic oxidation sites excluding steroid dienone is 2. The molecule has 0 bridgehead atoms. The Morgan fingerprint density at radius 1 is 1.00 bits per heavy atom. The van der Waals surface area contributed by atoms with Crippen LogP contribution in [-0.2, 0) is 0 Å². The van der Waals surface area contributed by atoms with Crippen LogP contribution in [0.25, 0.3) is 0 Å². The summed E-state index contributed by atoms with van der Waals surface area (Å²) in [4.78, 5) is 0. The summed E-state index contributed by atoms with van der Waals surface area (Å²) in [5, 5.41) is 0. The summed E-state index contributed by atoms with van der Waals surface area (Å²) in [5.74, 6) is 4.98. The van der Waals surface area contributed by atoms with Crippen molar-refractivity contribution >= 4 is 0 Å². The number of unbranched alkanes of at least 4 members (excludes halogenated alkanes) is 1. The fourth-order valence-corrected chi connectivity index (χ4v) is 8.22. The second-order valence-corrected chi connectivity index (χ2v) is 11.5. The molecule has 0 aliphatic heterocycles. The number of rotatable bonds is 5. The molecule has 0 amide bonds. The zero-order valence-electron chi connectivity index (χ0n) is 18.2. The zero-order chi connectivity index (χ0) is 18.4. The topological polar surface area (TPSA) is 0 Å². The third-order valence-corrected chi connectivity index (χ3v) is 9.80. The summed E-state index contributed by atoms with van der Waals surface area (Å²) in [6.07, 6.45) is 22.1. The molecule has 4 aliphatic rings. The van der Waals surface area contributed by atoms with Crippen molar-refractivity contribution < 1.29 is 0 Å². The summed E-state index contributed by atoms with van der Waals surface area (Å²) in [6.45, 7) is 10.1. The quantitative estimate of drug-likeness (QED) is 0.344. The van der Waals surface area contributed by atoms with E-state index in [0.29, 0.717) is 10.8 Å². The van der Waals surface area contributed by atoms with Gasteiger partial charge in [0.1, 0.15) is 0 Å². The maximum absolute atomic E-state index is 2.74. The molecule has 4 rings (SSSR count). The highest BCUT2D eigenvalue weighted by Gasteiger charge is 2.57. The molecule has 0 heteroatoms. The molecule has 6 atom stereocenters. The molecular formula is C26H44. The Balaban J connectivity index is 1.45. The van der Waals surface area contributed by atoms with Crippen LogP contribution in [0.1, 0.15) is 111 Å². The van der Waals surface area contributed by atoms with Gasteiger partial charge < -0.3 is 0 Å². The molecule has 0 saturated heterocycles. The van der Waals surface area contributed by atoms with Crippen molar-refractivity contribution in [1.82, 2.24) is 0 Å². The molecule has 0 aromatic heterocycles. The van der Waals surface area contributed by atoms with Gasteiger partial charge in [0.2, 0.25) is 0 Å². The van der Waals surface area contributed by atoms with Gasteiger partial charge in [0, 0.05) is 0 Å². The van der Waals surface area contributed by atoms with Crippen molar-refractivity contribution in [2.45, 2.75) is 111 Å². The average Bonchev–Trinajstić information content (AvgIpc) is 2.94. The SMILES string of the molecule is CC(C)CCCC[C@H]1CCC2C3CC=C4CCCC[C@]4(C)C3CC[C@@]21C. The second-order valence-electron chi connectivity index (χ2n) is 11.5. The van der Waals surface area contributed by atoms with E-state index in [1.165, 1.54) is 70.6 Å². The maximum atomic E-state index is 2.74. The Labute approximate surface area is 163 Å². The van der Waals surface area contributed by atoms with Crippen LogP contribution in [0.15, 0.2) is 11.6 Å². The van der Waals surface area contributed by atoms with Crippen molar-refractivity contribution in [3.05, 3.63) is 11.6 Å². The first-order valence-electron chi connectivity index (χ1n) is 12.1. The van der Waals surface area contributed by atoms with E-state index >= 15 is 0 Å². The molecule has 0 spiro atoms. The van der Waals surface area contributed by atoms with Gasteiger partial charge in [-0.25, -0.2) is 0 Å². The number of hydrogen-bond acceptors (Lipinski definition) is 0. The standard InChI is InChI=1S/C26H44/c1-19(2)9-5-6-10-21-13-15-23-22-14-12-20-11-7-8-17-25(20,3)24(22)16-18-26(21,23)4/h12,19,21-24H,5-11,13-18H2,1-4H3/t21-,22?,23?,24?,25-,26+/m0/s1. The Kier molecular flexibility index (Phi) is 5.35. The highest BCUT2D eigenvalue weighted by atomic mass is 14.6. The van der Waals surface area contributed by atoms with Crippen LogP contribution in [0.4, 0.5) is 0 Å². The van der Waals surface area contributed by atoms with Crippen molar-refractivity contribution in [3.8, 4) is 0 Å². The van der Waals surface area contributed by atoms with Gasteiger partial charge in [-0.05, 0) is 98.2 Å². The van der Waals surface area contributed by atoms with Gasteiger partial charge in [0.25, 0.3) is 0 Å². The minimum absolute atomic E-state index is 0.581. The lowest BCUT2D eigenvalue weighted by Crippen LogP contribution is -2.49. The third kappa shape index (κ3) is 3.12. The largest absolute Gasteiger partial charge is 0.0845 e. The van der Waals surface area contributed by atoms with E-state index in [2.05, 4.69) is 33.8 Å². The van der Waals surface area contributed by atoms with Gasteiger partial charge >= 0.3 is 0 Å². The average molecular weight is 357 g/mol. The lowest BCUT2D eigenvalue weighted by molar-refractivity contribution is -0.0425. The maximum Gasteiger partial charge on any atom is -0.00853 e. The minimum atomic E-state index is 0.581. The molecule has 0 radical (unpaired) electrons. The van der Waals surface area contributed by atoms with E-state index in [-0.39, 0.29) is 0 Å². The molecule has 3 fully saturated rings. The Morgan fingerprint density at radius 2 is 1.85 bits per heavy atom. The molecule has 0 aromatic carbocycles. The summed E-state index contributed by atoms with van der Waals surface area (Å²) in [7, 11) is 0. The highest BCUT2D eigenvalue weighted by molar-refractivity contribution is 5.24. The Bertz CT molecular complexity index is 528. The fourth-order valence-electron chi connectivity index (χ4n) is 8.22. The van der Waals surface area contributed by atoms with Crippen molar-refractivity contribution in [1.29, 1.82) is 0 Å². The summed E-state index contributed by atoms with van der Waals surface area (Å²) < 4.78 is 0. The minimum Gasteiger partial charge on any atom is -0.0845 e. The number of hydrogen-bond donors (Lipinski definition) is 0. The predicted octanol–water partition coefficient (Wildman–Crippen LogP) is 8.17. The van der Waals surface area contributed by atoms with Crippen molar-refractivity contribution in [2.75, 3.05) is 0 Å². The lowest BCUT2D eigenvalue weighted by atomic mass is 9.47. The van der Waals surface area contributed by atoms with Crippen LogP contribution >= 0.6 is 0 Å². The van der Waals surface area contributed by atoms with E-state index in [0.717, 1.165) is 29.6 Å². The van der Waals surface area contributed by atoms with Crippen LogP contribution in [0.3, 0.4) is 0 Å². The first-order valence-corrected chi connectivity index (χ1v) is 12.1. The molecule has 26 heavy (non-hydrogen) atoms. The normalized spacial score (nSPS) is 45.0. The van der Waals surface area contributed by atoms with E-state index in [9.17, 15) is 0 Å². The van der Waals surface area contributed by atoms with Crippen molar-refractivity contribution in [3.63, 3.8) is 0 Å². The van der Waals surface area contributed by atoms with Crippen LogP contribution in [0.5, 0.6) is 0 Å². The Morgan fingerprint density at radius 3 is 2.65 bits per heavy atom. The van der Waals surface area contributed by atoms with Crippen LogP contribution in [0, 0.1) is 40.4 Å². The lowest BCUT2D eigenvalue weighted by Gasteiger charge is -2.57. The molecule has 0 nitrogen and oxygen atoms in total. The van der Waals surface area contributed by atoms with E-state index in [1.54, 1.807) is 12.8 Å². The van der Waals surface area contributed by atoms with Gasteiger partial charge in [-0.2, -0.15) is 0 Å². The second kappa shape index (κ2) is 7.29. The van der Waals surface area contributed by atoms with E-state index in [4.69, 9.17) is 0 Å². The zero-order valence-corrected chi connectivity index (χ0v) is 18.2. The smallest absolute Gasteiger partial charge is 0.00853 e. The van der Waals surface area contributed by atoms with Gasteiger partial charge in [-0.1, -0.05) is 65.0 Å². The first-order chi connectivity index (χ1) is 12.4. The van der Waals surface area contributed by atoms with Crippen LogP contribution in [-0.4, -0.2) is 0 Å². The van der Waals surface area contributed by atoms with Gasteiger partial charge in [0.05, 0.1) is 0 Å². The molecule has 0 N–H and O–H groups in total. The van der Waals surface area contributed by atoms with Crippen LogP contribution < -0.4 is 0 Å². The van der Waals surface area contributed by atoms with Crippen molar-refractivity contribution in [2.24, 2.45) is 40.4 Å². The first kappa shape index (κ1) is 19.1. The summed E-state index contributed by atoms with van der Waals surface area (Å²) >= 11 is 0. The molecule has 0 heterocycles. The number of fused-ring (bicyclic) bond motifs is 5. The molecule has 148 valence electrons. The van der Waals surface area contributed by atoms with Gasteiger partial charge in [-0.3, -0.25) is 0 Å². The highest BCUT2D eigenvalue weighted by Crippen LogP contribution is 2.66. The molecule has 4 aliphatic carbocycles. The fraction of sp³-hybridized carbons (Fsp3) is 0.923. The van der Waals surface area contributed by atoms with Gasteiger partial charge in [0.15, 0.2) is 0 Å². The Hall–Kier alpha value is -0.260. The summed E-state index contributed by atoms with van der Waals surface area (Å²) in [5.41, 5.74) is 3.13. The van der Waals surface area contributed by atoms with Gasteiger partial charge in [-0.15, -0.1) is 0 Å².